The summed E-state index contributed by atoms with van der Waals surface area (Å²) in [5.74, 6) is -0.318. The second-order valence-electron chi connectivity index (χ2n) is 8.78. The van der Waals surface area contributed by atoms with Gasteiger partial charge in [0.2, 0.25) is 15.9 Å². The fourth-order valence-corrected chi connectivity index (χ4v) is 7.93. The van der Waals surface area contributed by atoms with Crippen LogP contribution in [0.2, 0.25) is 0 Å². The molecule has 0 N–H and O–H groups in total. The third-order valence-electron chi connectivity index (χ3n) is 6.74. The van der Waals surface area contributed by atoms with Crippen molar-refractivity contribution < 1.29 is 21.6 Å². The van der Waals surface area contributed by atoms with Gasteiger partial charge in [-0.3, -0.25) is 4.79 Å². The molecule has 0 atom stereocenters. The van der Waals surface area contributed by atoms with Crippen LogP contribution in [0.4, 0.5) is 0 Å². The fraction of sp³-hybridized carbons (Fsp3) is 0.667. The molecule has 0 spiro atoms. The molecule has 2 aliphatic rings. The zero-order valence-corrected chi connectivity index (χ0v) is 19.9. The van der Waals surface area contributed by atoms with E-state index < -0.39 is 24.6 Å². The van der Waals surface area contributed by atoms with Gasteiger partial charge in [0.1, 0.15) is 0 Å². The van der Waals surface area contributed by atoms with Crippen molar-refractivity contribution in [1.82, 2.24) is 9.21 Å². The molecule has 0 aromatic heterocycles. The lowest BCUT2D eigenvalue weighted by Gasteiger charge is -2.40. The summed E-state index contributed by atoms with van der Waals surface area (Å²) in [6.45, 7) is 4.36. The summed E-state index contributed by atoms with van der Waals surface area (Å²) in [4.78, 5) is 15.5. The maximum atomic E-state index is 13.8. The number of hydrogen-bond acceptors (Lipinski definition) is 5. The van der Waals surface area contributed by atoms with Crippen molar-refractivity contribution >= 4 is 25.8 Å². The summed E-state index contributed by atoms with van der Waals surface area (Å²) >= 11 is 0. The van der Waals surface area contributed by atoms with E-state index >= 15 is 0 Å². The van der Waals surface area contributed by atoms with Crippen LogP contribution in [-0.2, 0) is 24.7 Å². The Bertz CT molecular complexity index is 1020. The number of likely N-dealkylation sites (tertiary alicyclic amines) is 1. The maximum Gasteiger partial charge on any atom is 0.244 e. The van der Waals surface area contributed by atoms with Gasteiger partial charge in [-0.1, -0.05) is 25.0 Å². The van der Waals surface area contributed by atoms with Gasteiger partial charge in [0, 0.05) is 26.2 Å². The van der Waals surface area contributed by atoms with E-state index in [0.29, 0.717) is 57.2 Å². The molecule has 1 aromatic carbocycles. The third-order valence-corrected chi connectivity index (χ3v) is 10.7. The Morgan fingerprint density at radius 3 is 2.17 bits per heavy atom. The van der Waals surface area contributed by atoms with Gasteiger partial charge in [0.15, 0.2) is 14.6 Å². The zero-order valence-electron chi connectivity index (χ0n) is 18.2. The Kier molecular flexibility index (Phi) is 6.38. The monoisotopic (exact) mass is 456 g/mol. The lowest BCUT2D eigenvalue weighted by molar-refractivity contribution is -0.135. The Labute approximate surface area is 180 Å². The van der Waals surface area contributed by atoms with E-state index in [1.54, 1.807) is 31.0 Å². The summed E-state index contributed by atoms with van der Waals surface area (Å²) in [5.41, 5.74) is 1.51. The average Bonchev–Trinajstić information content (AvgIpc) is 3.20. The van der Waals surface area contributed by atoms with Crippen LogP contribution in [0.3, 0.4) is 0 Å². The number of piperidine rings is 1. The number of sulfonamides is 1. The SMILES string of the molecule is Cc1ccc(C)c(S(=O)(=O)C2(C(=O)N3CCC(N(C)S(C)(=O)=O)CC3)CCCC2)c1. The van der Waals surface area contributed by atoms with Crippen molar-refractivity contribution in [2.45, 2.75) is 68.1 Å². The second-order valence-corrected chi connectivity index (χ2v) is 13.0. The van der Waals surface area contributed by atoms with Gasteiger partial charge in [-0.05, 0) is 56.7 Å². The molecule has 0 bridgehead atoms. The predicted molar refractivity (Wildman–Crippen MR) is 117 cm³/mol. The van der Waals surface area contributed by atoms with Crippen molar-refractivity contribution in [3.8, 4) is 0 Å². The zero-order chi connectivity index (χ0) is 22.3. The smallest absolute Gasteiger partial charge is 0.244 e. The van der Waals surface area contributed by atoms with Crippen LogP contribution in [0.1, 0.15) is 49.7 Å². The molecular formula is C21H32N2O5S2. The van der Waals surface area contributed by atoms with Crippen LogP contribution in [-0.4, -0.2) is 69.1 Å². The molecule has 168 valence electrons. The van der Waals surface area contributed by atoms with Crippen molar-refractivity contribution in [1.29, 1.82) is 0 Å². The van der Waals surface area contributed by atoms with Crippen molar-refractivity contribution in [3.63, 3.8) is 0 Å². The highest BCUT2D eigenvalue weighted by molar-refractivity contribution is 7.93. The van der Waals surface area contributed by atoms with Gasteiger partial charge in [-0.2, -0.15) is 0 Å². The first-order valence-electron chi connectivity index (χ1n) is 10.4. The summed E-state index contributed by atoms with van der Waals surface area (Å²) < 4.78 is 51.1. The highest BCUT2D eigenvalue weighted by Crippen LogP contribution is 2.43. The molecule has 2 fully saturated rings. The van der Waals surface area contributed by atoms with Gasteiger partial charge in [-0.15, -0.1) is 0 Å². The second kappa shape index (κ2) is 8.24. The van der Waals surface area contributed by atoms with E-state index in [1.807, 2.05) is 13.0 Å². The van der Waals surface area contributed by atoms with E-state index in [4.69, 9.17) is 0 Å². The number of amides is 1. The van der Waals surface area contributed by atoms with E-state index in [2.05, 4.69) is 0 Å². The minimum absolute atomic E-state index is 0.167. The summed E-state index contributed by atoms with van der Waals surface area (Å²) in [6, 6.07) is 5.17. The predicted octanol–water partition coefficient (Wildman–Crippen LogP) is 2.27. The molecule has 3 rings (SSSR count). The average molecular weight is 457 g/mol. The molecule has 9 heteroatoms. The van der Waals surface area contributed by atoms with E-state index in [0.717, 1.165) is 5.56 Å². The molecule has 7 nitrogen and oxygen atoms in total. The number of aryl methyl sites for hydroxylation is 2. The van der Waals surface area contributed by atoms with Gasteiger partial charge in [-0.25, -0.2) is 21.1 Å². The number of carbonyl (C=O) groups excluding carboxylic acids is 1. The summed E-state index contributed by atoms with van der Waals surface area (Å²) in [7, 11) is -5.60. The van der Waals surface area contributed by atoms with E-state index in [9.17, 15) is 21.6 Å². The minimum Gasteiger partial charge on any atom is -0.341 e. The molecule has 1 aliphatic carbocycles. The van der Waals surface area contributed by atoms with Crippen molar-refractivity contribution in [3.05, 3.63) is 29.3 Å². The topological polar surface area (TPSA) is 91.8 Å². The van der Waals surface area contributed by atoms with Crippen molar-refractivity contribution in [2.75, 3.05) is 26.4 Å². The molecule has 1 aromatic rings. The minimum atomic E-state index is -3.85. The number of nitrogens with zero attached hydrogens (tertiary/aromatic N) is 2. The van der Waals surface area contributed by atoms with Crippen LogP contribution in [0.25, 0.3) is 0 Å². The molecule has 1 saturated heterocycles. The van der Waals surface area contributed by atoms with Gasteiger partial charge in [0.25, 0.3) is 0 Å². The normalized spacial score (nSPS) is 20.6. The maximum absolute atomic E-state index is 13.8. The van der Waals surface area contributed by atoms with Crippen LogP contribution in [0.5, 0.6) is 0 Å². The highest BCUT2D eigenvalue weighted by atomic mass is 32.2. The van der Waals surface area contributed by atoms with Crippen LogP contribution < -0.4 is 0 Å². The molecule has 1 amide bonds. The lowest BCUT2D eigenvalue weighted by atomic mass is 10.0. The third kappa shape index (κ3) is 4.03. The standard InChI is InChI=1S/C21H32N2O5S2/c1-16-7-8-17(2)19(15-16)30(27,28)21(11-5-6-12-21)20(24)23-13-9-18(10-14-23)22(3)29(4,25)26/h7-8,15,18H,5-6,9-14H2,1-4H3. The van der Waals surface area contributed by atoms with Gasteiger partial charge >= 0.3 is 0 Å². The Morgan fingerprint density at radius 1 is 1.07 bits per heavy atom. The first kappa shape index (κ1) is 23.2. The Morgan fingerprint density at radius 2 is 1.63 bits per heavy atom. The van der Waals surface area contributed by atoms with Crippen LogP contribution >= 0.6 is 0 Å². The first-order chi connectivity index (χ1) is 13.9. The van der Waals surface area contributed by atoms with E-state index in [1.165, 1.54) is 10.6 Å². The van der Waals surface area contributed by atoms with Crippen molar-refractivity contribution in [2.24, 2.45) is 0 Å². The fourth-order valence-electron chi connectivity index (χ4n) is 4.74. The lowest BCUT2D eigenvalue weighted by Crippen LogP contribution is -2.56. The molecule has 1 saturated carbocycles. The molecule has 1 heterocycles. The molecule has 1 aliphatic heterocycles. The number of sulfone groups is 1. The summed E-state index contributed by atoms with van der Waals surface area (Å²) in [5, 5.41) is 0. The number of benzene rings is 1. The highest BCUT2D eigenvalue weighted by Gasteiger charge is 2.55. The Hall–Kier alpha value is -1.45. The number of rotatable bonds is 5. The molecule has 0 radical (unpaired) electrons. The van der Waals surface area contributed by atoms with Gasteiger partial charge in [0.05, 0.1) is 11.2 Å². The van der Waals surface area contributed by atoms with Crippen LogP contribution in [0, 0.1) is 13.8 Å². The summed E-state index contributed by atoms with van der Waals surface area (Å²) in [6.07, 6.45) is 4.29. The quantitative estimate of drug-likeness (QED) is 0.678. The van der Waals surface area contributed by atoms with E-state index in [-0.39, 0.29) is 16.8 Å². The number of hydrogen-bond donors (Lipinski definition) is 0. The molecular weight excluding hydrogens is 424 g/mol. The number of carbonyl (C=O) groups is 1. The van der Waals surface area contributed by atoms with Crippen LogP contribution in [0.15, 0.2) is 23.1 Å². The van der Waals surface area contributed by atoms with Gasteiger partial charge < -0.3 is 4.90 Å². The Balaban J connectivity index is 1.88. The molecule has 0 unspecified atom stereocenters. The molecule has 30 heavy (non-hydrogen) atoms. The first-order valence-corrected chi connectivity index (χ1v) is 13.8. The largest absolute Gasteiger partial charge is 0.341 e.